The van der Waals surface area contributed by atoms with Crippen molar-refractivity contribution in [2.75, 3.05) is 13.2 Å². The zero-order valence-corrected chi connectivity index (χ0v) is 7.54. The van der Waals surface area contributed by atoms with E-state index in [0.717, 1.165) is 5.57 Å². The monoisotopic (exact) mass is 169 g/mol. The Labute approximate surface area is 72.6 Å². The number of hydrogen-bond donors (Lipinski definition) is 1. The van der Waals surface area contributed by atoms with Crippen LogP contribution in [0, 0.1) is 5.92 Å². The number of allylic oxidation sites excluding steroid dienone is 2. The van der Waals surface area contributed by atoms with E-state index in [1.165, 1.54) is 0 Å². The first-order chi connectivity index (χ1) is 5.61. The molecule has 0 saturated carbocycles. The minimum absolute atomic E-state index is 0.0972. The average Bonchev–Trinajstić information content (AvgIpc) is 2.33. The van der Waals surface area contributed by atoms with E-state index in [0.29, 0.717) is 13.2 Å². The molecule has 68 valence electrons. The van der Waals surface area contributed by atoms with E-state index in [4.69, 9.17) is 10.5 Å². The summed E-state index contributed by atoms with van der Waals surface area (Å²) in [6.45, 7) is 4.79. The molecular weight excluding hydrogens is 154 g/mol. The van der Waals surface area contributed by atoms with E-state index in [9.17, 15) is 4.79 Å². The maximum Gasteiger partial charge on any atom is 0.162 e. The van der Waals surface area contributed by atoms with Gasteiger partial charge in [-0.3, -0.25) is 4.79 Å². The van der Waals surface area contributed by atoms with Crippen molar-refractivity contribution in [1.82, 2.24) is 0 Å². The minimum atomic E-state index is -0.125. The lowest BCUT2D eigenvalue weighted by molar-refractivity contribution is -0.118. The Balaban J connectivity index is 2.58. The summed E-state index contributed by atoms with van der Waals surface area (Å²) in [6, 6.07) is -0.118. The van der Waals surface area contributed by atoms with E-state index < -0.39 is 0 Å². The number of nitrogens with two attached hydrogens (primary N) is 1. The molecule has 3 heteroatoms. The van der Waals surface area contributed by atoms with Gasteiger partial charge in [0.1, 0.15) is 0 Å². The summed E-state index contributed by atoms with van der Waals surface area (Å²) in [4.78, 5) is 11.4. The zero-order valence-electron chi connectivity index (χ0n) is 7.54. The molecule has 1 saturated heterocycles. The molecular formula is C9H15NO2. The van der Waals surface area contributed by atoms with Gasteiger partial charge >= 0.3 is 0 Å². The van der Waals surface area contributed by atoms with Gasteiger partial charge in [0.05, 0.1) is 19.1 Å². The standard InChI is InChI=1S/C9H15NO2/c1-6(2)3-9(11)7-4-12-5-8(7)10/h3,7-8H,4-5,10H2,1-2H3. The fourth-order valence-corrected chi connectivity index (χ4v) is 1.26. The lowest BCUT2D eigenvalue weighted by Gasteiger charge is -2.08. The molecule has 3 nitrogen and oxygen atoms in total. The molecule has 0 spiro atoms. The third-order valence-corrected chi connectivity index (χ3v) is 1.92. The maximum absolute atomic E-state index is 11.4. The Morgan fingerprint density at radius 3 is 2.58 bits per heavy atom. The first kappa shape index (κ1) is 9.42. The average molecular weight is 169 g/mol. The van der Waals surface area contributed by atoms with Gasteiger partial charge in [-0.1, -0.05) is 5.57 Å². The van der Waals surface area contributed by atoms with Crippen LogP contribution in [0.2, 0.25) is 0 Å². The van der Waals surface area contributed by atoms with Crippen molar-refractivity contribution in [2.45, 2.75) is 19.9 Å². The second kappa shape index (κ2) is 3.83. The van der Waals surface area contributed by atoms with Crippen LogP contribution in [-0.2, 0) is 9.53 Å². The van der Waals surface area contributed by atoms with Crippen molar-refractivity contribution in [2.24, 2.45) is 11.7 Å². The van der Waals surface area contributed by atoms with Gasteiger partial charge in [-0.05, 0) is 19.9 Å². The highest BCUT2D eigenvalue weighted by molar-refractivity contribution is 5.93. The van der Waals surface area contributed by atoms with E-state index in [2.05, 4.69) is 0 Å². The molecule has 1 heterocycles. The van der Waals surface area contributed by atoms with Gasteiger partial charge in [-0.25, -0.2) is 0 Å². The molecule has 2 atom stereocenters. The third-order valence-electron chi connectivity index (χ3n) is 1.92. The van der Waals surface area contributed by atoms with Crippen LogP contribution in [0.25, 0.3) is 0 Å². The molecule has 0 radical (unpaired) electrons. The van der Waals surface area contributed by atoms with Gasteiger partial charge in [0, 0.05) is 6.04 Å². The van der Waals surface area contributed by atoms with Crippen LogP contribution in [0.15, 0.2) is 11.6 Å². The fourth-order valence-electron chi connectivity index (χ4n) is 1.26. The van der Waals surface area contributed by atoms with Gasteiger partial charge in [0.25, 0.3) is 0 Å². The van der Waals surface area contributed by atoms with Crippen LogP contribution in [0.1, 0.15) is 13.8 Å². The molecule has 1 aliphatic heterocycles. The van der Waals surface area contributed by atoms with E-state index in [1.54, 1.807) is 6.08 Å². The molecule has 0 amide bonds. The topological polar surface area (TPSA) is 52.3 Å². The molecule has 1 aliphatic rings. The van der Waals surface area contributed by atoms with Crippen LogP contribution in [0.5, 0.6) is 0 Å². The van der Waals surface area contributed by atoms with Crippen molar-refractivity contribution in [3.63, 3.8) is 0 Å². The summed E-state index contributed by atoms with van der Waals surface area (Å²) < 4.78 is 5.10. The molecule has 0 aromatic carbocycles. The van der Waals surface area contributed by atoms with E-state index in [-0.39, 0.29) is 17.7 Å². The highest BCUT2D eigenvalue weighted by Gasteiger charge is 2.29. The number of hydrogen-bond acceptors (Lipinski definition) is 3. The second-order valence-corrected chi connectivity index (χ2v) is 3.43. The first-order valence-electron chi connectivity index (χ1n) is 4.13. The minimum Gasteiger partial charge on any atom is -0.379 e. The predicted octanol–water partition coefficient (Wildman–Crippen LogP) is 0.495. The van der Waals surface area contributed by atoms with Gasteiger partial charge < -0.3 is 10.5 Å². The second-order valence-electron chi connectivity index (χ2n) is 3.43. The zero-order chi connectivity index (χ0) is 9.14. The molecule has 12 heavy (non-hydrogen) atoms. The molecule has 0 bridgehead atoms. The number of rotatable bonds is 2. The third kappa shape index (κ3) is 2.16. The lowest BCUT2D eigenvalue weighted by Crippen LogP contribution is -2.33. The molecule has 0 aliphatic carbocycles. The Kier molecular flexibility index (Phi) is 3.00. The first-order valence-corrected chi connectivity index (χ1v) is 4.13. The van der Waals surface area contributed by atoms with E-state index in [1.807, 2.05) is 13.8 Å². The number of ether oxygens (including phenoxy) is 1. The Hall–Kier alpha value is -0.670. The predicted molar refractivity (Wildman–Crippen MR) is 46.7 cm³/mol. The van der Waals surface area contributed by atoms with Crippen molar-refractivity contribution < 1.29 is 9.53 Å². The molecule has 1 rings (SSSR count). The van der Waals surface area contributed by atoms with E-state index >= 15 is 0 Å². The summed E-state index contributed by atoms with van der Waals surface area (Å²) in [5, 5.41) is 0. The van der Waals surface area contributed by atoms with Crippen molar-refractivity contribution in [3.8, 4) is 0 Å². The van der Waals surface area contributed by atoms with Crippen LogP contribution in [-0.4, -0.2) is 25.0 Å². The van der Waals surface area contributed by atoms with Crippen molar-refractivity contribution in [1.29, 1.82) is 0 Å². The summed E-state index contributed by atoms with van der Waals surface area (Å²) in [5.41, 5.74) is 6.69. The largest absolute Gasteiger partial charge is 0.379 e. The van der Waals surface area contributed by atoms with Crippen molar-refractivity contribution in [3.05, 3.63) is 11.6 Å². The SMILES string of the molecule is CC(C)=CC(=O)C1COCC1N. The summed E-state index contributed by atoms with van der Waals surface area (Å²) in [6.07, 6.45) is 1.64. The van der Waals surface area contributed by atoms with Crippen LogP contribution in [0.3, 0.4) is 0 Å². The number of carbonyl (C=O) groups excluding carboxylic acids is 1. The Bertz CT molecular complexity index is 207. The highest BCUT2D eigenvalue weighted by Crippen LogP contribution is 2.13. The van der Waals surface area contributed by atoms with Gasteiger partial charge in [0.2, 0.25) is 0 Å². The Morgan fingerprint density at radius 2 is 2.17 bits per heavy atom. The summed E-state index contributed by atoms with van der Waals surface area (Å²) in [7, 11) is 0. The molecule has 0 aromatic rings. The van der Waals surface area contributed by atoms with Gasteiger partial charge in [0.15, 0.2) is 5.78 Å². The van der Waals surface area contributed by atoms with Crippen LogP contribution < -0.4 is 5.73 Å². The number of carbonyl (C=O) groups is 1. The summed E-state index contributed by atoms with van der Waals surface area (Å²) in [5.74, 6) is -0.0279. The van der Waals surface area contributed by atoms with Gasteiger partial charge in [-0.2, -0.15) is 0 Å². The normalized spacial score (nSPS) is 28.6. The molecule has 1 fully saturated rings. The lowest BCUT2D eigenvalue weighted by atomic mass is 9.98. The fraction of sp³-hybridized carbons (Fsp3) is 0.667. The van der Waals surface area contributed by atoms with Crippen LogP contribution in [0.4, 0.5) is 0 Å². The van der Waals surface area contributed by atoms with Gasteiger partial charge in [-0.15, -0.1) is 0 Å². The highest BCUT2D eigenvalue weighted by atomic mass is 16.5. The molecule has 2 unspecified atom stereocenters. The number of ketones is 1. The smallest absolute Gasteiger partial charge is 0.162 e. The summed E-state index contributed by atoms with van der Waals surface area (Å²) >= 11 is 0. The Morgan fingerprint density at radius 1 is 1.50 bits per heavy atom. The van der Waals surface area contributed by atoms with Crippen molar-refractivity contribution >= 4 is 5.78 Å². The molecule has 2 N–H and O–H groups in total. The van der Waals surface area contributed by atoms with Crippen LogP contribution >= 0.6 is 0 Å². The quantitative estimate of drug-likeness (QED) is 0.612. The maximum atomic E-state index is 11.4. The molecule has 0 aromatic heterocycles.